The molecule has 0 unspecified atom stereocenters. The first-order valence-corrected chi connectivity index (χ1v) is 11.8. The number of hydrogen-bond acceptors (Lipinski definition) is 4. The van der Waals surface area contributed by atoms with Crippen LogP contribution in [0.1, 0.15) is 32.9 Å². The van der Waals surface area contributed by atoms with Gasteiger partial charge in [-0.25, -0.2) is 9.97 Å². The number of carbonyl (C=O) groups is 1. The number of H-pyrrole nitrogens is 1. The lowest BCUT2D eigenvalue weighted by Gasteiger charge is -2.12. The molecule has 0 radical (unpaired) electrons. The van der Waals surface area contributed by atoms with Crippen molar-refractivity contribution in [2.75, 3.05) is 12.4 Å². The number of carbonyl (C=O) groups excluding carboxylic acids is 1. The lowest BCUT2D eigenvalue weighted by Crippen LogP contribution is -2.14. The van der Waals surface area contributed by atoms with Crippen LogP contribution in [0.2, 0.25) is 0 Å². The van der Waals surface area contributed by atoms with E-state index in [2.05, 4.69) is 10.3 Å². The molecule has 9 heteroatoms. The highest BCUT2D eigenvalue weighted by molar-refractivity contribution is 6.04. The molecular formula is C29H23F3N4O2. The Labute approximate surface area is 216 Å². The van der Waals surface area contributed by atoms with Gasteiger partial charge in [0.25, 0.3) is 5.91 Å². The number of nitrogens with zero attached hydrogens (tertiary/aromatic N) is 2. The second-order valence-corrected chi connectivity index (χ2v) is 8.81. The molecule has 0 atom stereocenters. The van der Waals surface area contributed by atoms with Crippen molar-refractivity contribution in [3.63, 3.8) is 0 Å². The van der Waals surface area contributed by atoms with Crippen LogP contribution in [0.15, 0.2) is 79.0 Å². The lowest BCUT2D eigenvalue weighted by molar-refractivity contribution is -0.137. The zero-order chi connectivity index (χ0) is 26.9. The van der Waals surface area contributed by atoms with E-state index < -0.39 is 17.6 Å². The van der Waals surface area contributed by atoms with Gasteiger partial charge in [-0.3, -0.25) is 4.79 Å². The molecule has 0 aliphatic rings. The Balaban J connectivity index is 1.42. The molecule has 2 heterocycles. The number of fused-ring (bicyclic) bond motifs is 1. The van der Waals surface area contributed by atoms with Crippen molar-refractivity contribution < 1.29 is 22.7 Å². The fourth-order valence-electron chi connectivity index (χ4n) is 4.18. The molecule has 0 spiro atoms. The molecule has 0 aliphatic carbocycles. The van der Waals surface area contributed by atoms with Gasteiger partial charge >= 0.3 is 6.18 Å². The average Bonchev–Trinajstić information content (AvgIpc) is 3.38. The largest absolute Gasteiger partial charge is 0.497 e. The van der Waals surface area contributed by atoms with Crippen molar-refractivity contribution in [1.82, 2.24) is 15.0 Å². The summed E-state index contributed by atoms with van der Waals surface area (Å²) >= 11 is 0. The van der Waals surface area contributed by atoms with Crippen LogP contribution in [0.3, 0.4) is 0 Å². The maximum atomic E-state index is 13.1. The molecule has 192 valence electrons. The van der Waals surface area contributed by atoms with Gasteiger partial charge in [0.15, 0.2) is 0 Å². The Bertz CT molecular complexity index is 1630. The van der Waals surface area contributed by atoms with Crippen LogP contribution in [0.5, 0.6) is 5.75 Å². The first kappa shape index (κ1) is 25.0. The number of aromatic nitrogens is 3. The Hall–Kier alpha value is -4.66. The predicted octanol–water partition coefficient (Wildman–Crippen LogP) is 6.80. The number of amides is 1. The van der Waals surface area contributed by atoms with E-state index in [-0.39, 0.29) is 5.56 Å². The van der Waals surface area contributed by atoms with Crippen LogP contribution < -0.4 is 10.1 Å². The number of benzene rings is 3. The minimum absolute atomic E-state index is 0.0765. The summed E-state index contributed by atoms with van der Waals surface area (Å²) in [5.41, 5.74) is 4.60. The van der Waals surface area contributed by atoms with Gasteiger partial charge in [-0.2, -0.15) is 13.2 Å². The monoisotopic (exact) mass is 516 g/mol. The summed E-state index contributed by atoms with van der Waals surface area (Å²) < 4.78 is 44.4. The molecule has 6 nitrogen and oxygen atoms in total. The Kier molecular flexibility index (Phi) is 6.59. The minimum Gasteiger partial charge on any atom is -0.497 e. The maximum absolute atomic E-state index is 13.1. The molecule has 0 saturated heterocycles. The molecule has 0 bridgehead atoms. The van der Waals surface area contributed by atoms with Gasteiger partial charge in [-0.1, -0.05) is 12.1 Å². The molecule has 2 N–H and O–H groups in total. The maximum Gasteiger partial charge on any atom is 0.416 e. The van der Waals surface area contributed by atoms with E-state index in [4.69, 9.17) is 14.7 Å². The van der Waals surface area contributed by atoms with Crippen LogP contribution >= 0.6 is 0 Å². The van der Waals surface area contributed by atoms with Crippen molar-refractivity contribution in [3.8, 4) is 17.0 Å². The van der Waals surface area contributed by atoms with Crippen molar-refractivity contribution in [3.05, 3.63) is 107 Å². The number of anilines is 1. The van der Waals surface area contributed by atoms with Gasteiger partial charge in [0.05, 0.1) is 29.4 Å². The molecular weight excluding hydrogens is 493 g/mol. The van der Waals surface area contributed by atoms with Crippen LogP contribution in [-0.2, 0) is 12.6 Å². The molecule has 5 rings (SSSR count). The fourth-order valence-corrected chi connectivity index (χ4v) is 4.18. The number of ether oxygens (including phenoxy) is 1. The lowest BCUT2D eigenvalue weighted by atomic mass is 10.0. The van der Waals surface area contributed by atoms with Crippen LogP contribution in [0.25, 0.3) is 22.3 Å². The number of rotatable bonds is 6. The first-order chi connectivity index (χ1) is 18.2. The third-order valence-corrected chi connectivity index (χ3v) is 6.22. The summed E-state index contributed by atoms with van der Waals surface area (Å²) in [5, 5.41) is 2.70. The molecule has 2 aromatic heterocycles. The summed E-state index contributed by atoms with van der Waals surface area (Å²) in [4.78, 5) is 25.4. The average molecular weight is 517 g/mol. The number of alkyl halides is 3. The summed E-state index contributed by atoms with van der Waals surface area (Å²) in [6.45, 7) is 1.94. The third kappa shape index (κ3) is 5.22. The smallest absolute Gasteiger partial charge is 0.416 e. The molecule has 0 saturated carbocycles. The highest BCUT2D eigenvalue weighted by Gasteiger charge is 2.30. The second kappa shape index (κ2) is 10.0. The Morgan fingerprint density at radius 1 is 1.00 bits per heavy atom. The van der Waals surface area contributed by atoms with Gasteiger partial charge in [0.2, 0.25) is 0 Å². The zero-order valence-corrected chi connectivity index (χ0v) is 20.6. The van der Waals surface area contributed by atoms with Gasteiger partial charge in [-0.05, 0) is 78.7 Å². The van der Waals surface area contributed by atoms with E-state index in [1.165, 1.54) is 12.1 Å². The number of nitrogens with one attached hydrogen (secondary N) is 2. The van der Waals surface area contributed by atoms with E-state index in [1.807, 2.05) is 49.5 Å². The van der Waals surface area contributed by atoms with Crippen molar-refractivity contribution in [1.29, 1.82) is 0 Å². The van der Waals surface area contributed by atoms with E-state index >= 15 is 0 Å². The number of methoxy groups -OCH3 is 1. The highest BCUT2D eigenvalue weighted by Crippen LogP contribution is 2.30. The number of hydrogen-bond donors (Lipinski definition) is 2. The quantitative estimate of drug-likeness (QED) is 0.260. The van der Waals surface area contributed by atoms with Gasteiger partial charge in [-0.15, -0.1) is 0 Å². The van der Waals surface area contributed by atoms with E-state index in [9.17, 15) is 18.0 Å². The number of aromatic amines is 1. The minimum atomic E-state index is -4.53. The van der Waals surface area contributed by atoms with E-state index in [0.29, 0.717) is 17.9 Å². The van der Waals surface area contributed by atoms with Gasteiger partial charge in [0.1, 0.15) is 11.6 Å². The van der Waals surface area contributed by atoms with Crippen molar-refractivity contribution in [2.45, 2.75) is 19.5 Å². The summed E-state index contributed by atoms with van der Waals surface area (Å²) in [7, 11) is 1.61. The normalized spacial score (nSPS) is 11.5. The molecule has 1 amide bonds. The number of halogens is 3. The molecule has 3 aromatic carbocycles. The van der Waals surface area contributed by atoms with Crippen LogP contribution in [0, 0.1) is 6.92 Å². The van der Waals surface area contributed by atoms with E-state index in [1.54, 1.807) is 19.2 Å². The summed E-state index contributed by atoms with van der Waals surface area (Å²) in [6, 6.07) is 19.2. The van der Waals surface area contributed by atoms with Crippen LogP contribution in [-0.4, -0.2) is 28.0 Å². The Morgan fingerprint density at radius 2 is 1.79 bits per heavy atom. The van der Waals surface area contributed by atoms with Crippen molar-refractivity contribution in [2.24, 2.45) is 0 Å². The zero-order valence-electron chi connectivity index (χ0n) is 20.6. The highest BCUT2D eigenvalue weighted by atomic mass is 19.4. The van der Waals surface area contributed by atoms with Gasteiger partial charge < -0.3 is 15.0 Å². The first-order valence-electron chi connectivity index (χ1n) is 11.8. The molecule has 5 aromatic rings. The Morgan fingerprint density at radius 3 is 2.53 bits per heavy atom. The van der Waals surface area contributed by atoms with Crippen molar-refractivity contribution >= 4 is 22.6 Å². The number of aryl methyl sites for hydroxylation is 1. The standard InChI is InChI=1S/C29H23F3N4O2/c1-17-6-9-22(34-28(37)19-4-3-5-21(14-19)29(30,31)32)15-20(17)16-25-35-24-12-13-33-27(24)26(36-25)18-7-10-23(38-2)11-8-18/h3-15,33H,16H2,1-2H3,(H,34,37). The fraction of sp³-hybridized carbons (Fsp3) is 0.138. The topological polar surface area (TPSA) is 79.9 Å². The molecule has 0 aliphatic heterocycles. The molecule has 38 heavy (non-hydrogen) atoms. The molecule has 0 fully saturated rings. The third-order valence-electron chi connectivity index (χ3n) is 6.22. The van der Waals surface area contributed by atoms with Gasteiger partial charge in [0, 0.05) is 29.4 Å². The predicted molar refractivity (Wildman–Crippen MR) is 139 cm³/mol. The SMILES string of the molecule is COc1ccc(-c2nc(Cc3cc(NC(=O)c4cccc(C(F)(F)F)c4)ccc3C)nc3cc[nH]c23)cc1. The summed E-state index contributed by atoms with van der Waals surface area (Å²) in [5.74, 6) is 0.704. The summed E-state index contributed by atoms with van der Waals surface area (Å²) in [6.07, 6.45) is -2.33. The van der Waals surface area contributed by atoms with Crippen LogP contribution in [0.4, 0.5) is 18.9 Å². The van der Waals surface area contributed by atoms with E-state index in [0.717, 1.165) is 51.3 Å². The second-order valence-electron chi connectivity index (χ2n) is 8.81.